The van der Waals surface area contributed by atoms with Crippen LogP contribution in [0.4, 0.5) is 5.13 Å². The zero-order chi connectivity index (χ0) is 20.4. The molecule has 0 unspecified atom stereocenters. The molecule has 0 bridgehead atoms. The number of carbonyl (C=O) groups excluding carboxylic acids is 1. The van der Waals surface area contributed by atoms with Crippen LogP contribution in [0.15, 0.2) is 40.6 Å². The SMILES string of the molecule is Cc1cc(C)n(C[C@@H]2CCCO2)c(=O)c1C(=O)Nc1nc(-c2ccccn2)cs1. The Kier molecular flexibility index (Phi) is 5.55. The van der Waals surface area contributed by atoms with Crippen LogP contribution in [0, 0.1) is 13.8 Å². The highest BCUT2D eigenvalue weighted by molar-refractivity contribution is 7.14. The third-order valence-electron chi connectivity index (χ3n) is 4.99. The Morgan fingerprint density at radius 3 is 2.93 bits per heavy atom. The van der Waals surface area contributed by atoms with Gasteiger partial charge in [-0.1, -0.05) is 6.07 Å². The second-order valence-electron chi connectivity index (χ2n) is 7.10. The Labute approximate surface area is 172 Å². The number of rotatable bonds is 5. The third-order valence-corrected chi connectivity index (χ3v) is 5.75. The van der Waals surface area contributed by atoms with Crippen LogP contribution in [0.1, 0.15) is 34.5 Å². The maximum Gasteiger partial charge on any atom is 0.263 e. The van der Waals surface area contributed by atoms with Gasteiger partial charge in [0.05, 0.1) is 18.3 Å². The summed E-state index contributed by atoms with van der Waals surface area (Å²) in [5.74, 6) is -0.449. The lowest BCUT2D eigenvalue weighted by atomic mass is 10.1. The number of aryl methyl sites for hydroxylation is 2. The summed E-state index contributed by atoms with van der Waals surface area (Å²) in [5.41, 5.74) is 2.73. The molecule has 1 N–H and O–H groups in total. The Morgan fingerprint density at radius 2 is 2.21 bits per heavy atom. The molecule has 0 aliphatic carbocycles. The summed E-state index contributed by atoms with van der Waals surface area (Å²) in [7, 11) is 0. The maximum atomic E-state index is 13.1. The number of hydrogen-bond acceptors (Lipinski definition) is 6. The van der Waals surface area contributed by atoms with E-state index in [1.807, 2.05) is 36.6 Å². The second kappa shape index (κ2) is 8.26. The highest BCUT2D eigenvalue weighted by Gasteiger charge is 2.22. The molecule has 7 nitrogen and oxygen atoms in total. The fraction of sp³-hybridized carbons (Fsp3) is 0.333. The molecular weight excluding hydrogens is 388 g/mol. The van der Waals surface area contributed by atoms with Crippen molar-refractivity contribution in [3.63, 3.8) is 0 Å². The molecule has 0 radical (unpaired) electrons. The Bertz CT molecular complexity index is 1090. The first-order valence-corrected chi connectivity index (χ1v) is 10.4. The van der Waals surface area contributed by atoms with E-state index in [9.17, 15) is 9.59 Å². The van der Waals surface area contributed by atoms with Crippen LogP contribution in [0.2, 0.25) is 0 Å². The minimum absolute atomic E-state index is 0.0184. The summed E-state index contributed by atoms with van der Waals surface area (Å²) in [4.78, 5) is 34.7. The van der Waals surface area contributed by atoms with Crippen LogP contribution in [0.5, 0.6) is 0 Å². The molecule has 8 heteroatoms. The van der Waals surface area contributed by atoms with Crippen molar-refractivity contribution in [2.45, 2.75) is 39.3 Å². The van der Waals surface area contributed by atoms with Crippen LogP contribution >= 0.6 is 11.3 Å². The fourth-order valence-electron chi connectivity index (χ4n) is 3.54. The topological polar surface area (TPSA) is 86.1 Å². The second-order valence-corrected chi connectivity index (χ2v) is 7.96. The zero-order valence-corrected chi connectivity index (χ0v) is 17.2. The van der Waals surface area contributed by atoms with Gasteiger partial charge >= 0.3 is 0 Å². The molecule has 1 atom stereocenters. The summed E-state index contributed by atoms with van der Waals surface area (Å²) in [5, 5.41) is 5.03. The smallest absolute Gasteiger partial charge is 0.263 e. The molecule has 0 spiro atoms. The monoisotopic (exact) mass is 410 g/mol. The van der Waals surface area contributed by atoms with E-state index in [1.165, 1.54) is 11.3 Å². The molecule has 1 aliphatic heterocycles. The summed E-state index contributed by atoms with van der Waals surface area (Å²) >= 11 is 1.30. The highest BCUT2D eigenvalue weighted by Crippen LogP contribution is 2.23. The lowest BCUT2D eigenvalue weighted by Gasteiger charge is -2.17. The van der Waals surface area contributed by atoms with E-state index in [-0.39, 0.29) is 17.2 Å². The average Bonchev–Trinajstić information content (AvgIpc) is 3.38. The van der Waals surface area contributed by atoms with Crippen molar-refractivity contribution in [2.75, 3.05) is 11.9 Å². The van der Waals surface area contributed by atoms with E-state index < -0.39 is 5.91 Å². The van der Waals surface area contributed by atoms with Crippen LogP contribution < -0.4 is 10.9 Å². The predicted molar refractivity (Wildman–Crippen MR) is 112 cm³/mol. The average molecular weight is 410 g/mol. The number of nitrogens with zero attached hydrogens (tertiary/aromatic N) is 3. The van der Waals surface area contributed by atoms with Gasteiger partial charge in [-0.05, 0) is 50.5 Å². The van der Waals surface area contributed by atoms with Gasteiger partial charge < -0.3 is 9.30 Å². The number of carbonyl (C=O) groups is 1. The van der Waals surface area contributed by atoms with Crippen molar-refractivity contribution >= 4 is 22.4 Å². The van der Waals surface area contributed by atoms with Gasteiger partial charge in [0, 0.05) is 23.9 Å². The summed E-state index contributed by atoms with van der Waals surface area (Å²) in [6.07, 6.45) is 3.64. The zero-order valence-electron chi connectivity index (χ0n) is 16.3. The van der Waals surface area contributed by atoms with Gasteiger partial charge in [0.2, 0.25) is 0 Å². The van der Waals surface area contributed by atoms with E-state index in [0.717, 1.165) is 30.8 Å². The van der Waals surface area contributed by atoms with Crippen LogP contribution in [0.3, 0.4) is 0 Å². The largest absolute Gasteiger partial charge is 0.376 e. The van der Waals surface area contributed by atoms with E-state index in [1.54, 1.807) is 17.7 Å². The van der Waals surface area contributed by atoms with Gasteiger partial charge in [0.15, 0.2) is 5.13 Å². The van der Waals surface area contributed by atoms with Crippen LogP contribution in [-0.2, 0) is 11.3 Å². The molecule has 150 valence electrons. The standard InChI is InChI=1S/C21H22N4O3S/c1-13-10-14(2)25(11-15-6-5-9-28-15)20(27)18(13)19(26)24-21-23-17(12-29-21)16-7-3-4-8-22-16/h3-4,7-8,10,12,15H,5-6,9,11H2,1-2H3,(H,23,24,26)/t15-/m0/s1. The lowest BCUT2D eigenvalue weighted by molar-refractivity contribution is 0.0947. The number of pyridine rings is 2. The molecule has 1 saturated heterocycles. The molecule has 3 aromatic rings. The van der Waals surface area contributed by atoms with Crippen molar-refractivity contribution in [1.82, 2.24) is 14.5 Å². The number of amides is 1. The predicted octanol–water partition coefficient (Wildman–Crippen LogP) is 3.41. The minimum Gasteiger partial charge on any atom is -0.376 e. The first-order chi connectivity index (χ1) is 14.0. The van der Waals surface area contributed by atoms with Crippen molar-refractivity contribution in [3.05, 3.63) is 63.0 Å². The number of hydrogen-bond donors (Lipinski definition) is 1. The fourth-order valence-corrected chi connectivity index (χ4v) is 4.24. The highest BCUT2D eigenvalue weighted by atomic mass is 32.1. The Balaban J connectivity index is 1.58. The van der Waals surface area contributed by atoms with Crippen molar-refractivity contribution in [3.8, 4) is 11.4 Å². The lowest BCUT2D eigenvalue weighted by Crippen LogP contribution is -2.34. The van der Waals surface area contributed by atoms with Crippen LogP contribution in [-0.4, -0.2) is 33.2 Å². The number of nitrogens with one attached hydrogen (secondary N) is 1. The van der Waals surface area contributed by atoms with Gasteiger partial charge in [-0.15, -0.1) is 11.3 Å². The van der Waals surface area contributed by atoms with Crippen molar-refractivity contribution < 1.29 is 9.53 Å². The molecule has 1 aliphatic rings. The number of anilines is 1. The molecule has 29 heavy (non-hydrogen) atoms. The molecule has 0 aromatic carbocycles. The number of ether oxygens (including phenoxy) is 1. The quantitative estimate of drug-likeness (QED) is 0.697. The molecular formula is C21H22N4O3S. The minimum atomic E-state index is -0.449. The molecule has 1 amide bonds. The summed E-state index contributed by atoms with van der Waals surface area (Å²) < 4.78 is 7.30. The van der Waals surface area contributed by atoms with Gasteiger partial charge in [-0.25, -0.2) is 4.98 Å². The normalized spacial score (nSPS) is 16.1. The molecule has 0 saturated carbocycles. The summed E-state index contributed by atoms with van der Waals surface area (Å²) in [6.45, 7) is 4.85. The van der Waals surface area contributed by atoms with Crippen molar-refractivity contribution in [2.24, 2.45) is 0 Å². The van der Waals surface area contributed by atoms with E-state index in [2.05, 4.69) is 15.3 Å². The molecule has 3 aromatic heterocycles. The first-order valence-electron chi connectivity index (χ1n) is 9.54. The molecule has 1 fully saturated rings. The van der Waals surface area contributed by atoms with Crippen molar-refractivity contribution in [1.29, 1.82) is 0 Å². The Hall–Kier alpha value is -2.84. The van der Waals surface area contributed by atoms with Gasteiger partial charge in [0.1, 0.15) is 11.3 Å². The van der Waals surface area contributed by atoms with E-state index >= 15 is 0 Å². The third kappa shape index (κ3) is 4.13. The Morgan fingerprint density at radius 1 is 1.34 bits per heavy atom. The number of aromatic nitrogens is 3. The van der Waals surface area contributed by atoms with Gasteiger partial charge in [-0.3, -0.25) is 19.9 Å². The van der Waals surface area contributed by atoms with Crippen LogP contribution in [0.25, 0.3) is 11.4 Å². The molecule has 4 heterocycles. The summed E-state index contributed by atoms with van der Waals surface area (Å²) in [6, 6.07) is 7.44. The van der Waals surface area contributed by atoms with E-state index in [4.69, 9.17) is 4.74 Å². The van der Waals surface area contributed by atoms with E-state index in [0.29, 0.717) is 22.9 Å². The number of thiazole rings is 1. The molecule has 4 rings (SSSR count). The van der Waals surface area contributed by atoms with Gasteiger partial charge in [0.25, 0.3) is 11.5 Å². The maximum absolute atomic E-state index is 13.1. The van der Waals surface area contributed by atoms with Gasteiger partial charge in [-0.2, -0.15) is 0 Å². The first kappa shape index (κ1) is 19.5.